The molecular formula is C10H13NO. The van der Waals surface area contributed by atoms with E-state index in [-0.39, 0.29) is 5.91 Å². The Bertz CT molecular complexity index is 231. The molecule has 1 N–H and O–H groups in total. The van der Waals surface area contributed by atoms with Crippen molar-refractivity contribution >= 4 is 5.91 Å². The van der Waals surface area contributed by atoms with E-state index in [9.17, 15) is 4.79 Å². The van der Waals surface area contributed by atoms with Crippen molar-refractivity contribution in [3.05, 3.63) is 49.1 Å². The molecule has 0 aromatic heterocycles. The zero-order valence-corrected chi connectivity index (χ0v) is 7.21. The van der Waals surface area contributed by atoms with Gasteiger partial charge in [-0.05, 0) is 12.1 Å². The summed E-state index contributed by atoms with van der Waals surface area (Å²) in [6, 6.07) is 9.11. The van der Waals surface area contributed by atoms with Crippen molar-refractivity contribution in [1.82, 2.24) is 5.32 Å². The summed E-state index contributed by atoms with van der Waals surface area (Å²) in [6.45, 7) is 6.00. The van der Waals surface area contributed by atoms with Gasteiger partial charge < -0.3 is 5.32 Å². The van der Waals surface area contributed by atoms with Crippen LogP contribution in [0.5, 0.6) is 0 Å². The maximum absolute atomic E-state index is 10.9. The van der Waals surface area contributed by atoms with Crippen LogP contribution in [0.3, 0.4) is 0 Å². The molecule has 0 spiro atoms. The van der Waals surface area contributed by atoms with Gasteiger partial charge in [0.05, 0.1) is 0 Å². The van der Waals surface area contributed by atoms with Gasteiger partial charge in [0.15, 0.2) is 0 Å². The lowest BCUT2D eigenvalue weighted by atomic mass is 10.2. The van der Waals surface area contributed by atoms with E-state index >= 15 is 0 Å². The molecular weight excluding hydrogens is 150 g/mol. The van der Waals surface area contributed by atoms with Crippen molar-refractivity contribution in [3.63, 3.8) is 0 Å². The fourth-order valence-corrected chi connectivity index (χ4v) is 0.734. The highest BCUT2D eigenvalue weighted by molar-refractivity contribution is 5.93. The molecule has 0 fully saturated rings. The van der Waals surface area contributed by atoms with Gasteiger partial charge >= 0.3 is 0 Å². The van der Waals surface area contributed by atoms with Crippen LogP contribution in [0, 0.1) is 0 Å². The van der Waals surface area contributed by atoms with Crippen molar-refractivity contribution in [2.24, 2.45) is 0 Å². The summed E-state index contributed by atoms with van der Waals surface area (Å²) in [6.07, 6.45) is 0. The topological polar surface area (TPSA) is 29.1 Å². The number of hydrogen-bond donors (Lipinski definition) is 1. The van der Waals surface area contributed by atoms with E-state index < -0.39 is 0 Å². The van der Waals surface area contributed by atoms with Crippen LogP contribution in [-0.2, 0) is 0 Å². The summed E-state index contributed by atoms with van der Waals surface area (Å²) in [5.41, 5.74) is 0.699. The SMILES string of the molecule is C=C.CNC(=O)c1ccccc1. The minimum absolute atomic E-state index is 0.0411. The van der Waals surface area contributed by atoms with Gasteiger partial charge in [0.25, 0.3) is 5.91 Å². The van der Waals surface area contributed by atoms with Gasteiger partial charge in [-0.2, -0.15) is 0 Å². The first-order chi connectivity index (χ1) is 5.84. The summed E-state index contributed by atoms with van der Waals surface area (Å²) in [5, 5.41) is 2.54. The van der Waals surface area contributed by atoms with Crippen molar-refractivity contribution in [2.45, 2.75) is 0 Å². The van der Waals surface area contributed by atoms with Crippen LogP contribution in [0.15, 0.2) is 43.5 Å². The van der Waals surface area contributed by atoms with Crippen LogP contribution in [0.1, 0.15) is 10.4 Å². The highest BCUT2D eigenvalue weighted by atomic mass is 16.1. The predicted molar refractivity (Wildman–Crippen MR) is 51.1 cm³/mol. The summed E-state index contributed by atoms with van der Waals surface area (Å²) in [5.74, 6) is -0.0411. The van der Waals surface area contributed by atoms with E-state index in [4.69, 9.17) is 0 Å². The number of benzene rings is 1. The first-order valence-corrected chi connectivity index (χ1v) is 3.61. The maximum Gasteiger partial charge on any atom is 0.251 e. The summed E-state index contributed by atoms with van der Waals surface area (Å²) in [4.78, 5) is 10.9. The largest absolute Gasteiger partial charge is 0.355 e. The lowest BCUT2D eigenvalue weighted by molar-refractivity contribution is 0.0963. The zero-order chi connectivity index (χ0) is 9.40. The van der Waals surface area contributed by atoms with Crippen molar-refractivity contribution in [2.75, 3.05) is 7.05 Å². The Morgan fingerprint density at radius 1 is 1.25 bits per heavy atom. The van der Waals surface area contributed by atoms with E-state index in [0.29, 0.717) is 5.56 Å². The molecule has 0 radical (unpaired) electrons. The molecule has 0 saturated carbocycles. The summed E-state index contributed by atoms with van der Waals surface area (Å²) < 4.78 is 0. The van der Waals surface area contributed by atoms with Gasteiger partial charge in [-0.15, -0.1) is 13.2 Å². The van der Waals surface area contributed by atoms with Gasteiger partial charge in [-0.3, -0.25) is 4.79 Å². The Morgan fingerprint density at radius 3 is 2.17 bits per heavy atom. The van der Waals surface area contributed by atoms with Crippen LogP contribution in [-0.4, -0.2) is 13.0 Å². The van der Waals surface area contributed by atoms with Crippen LogP contribution in [0.4, 0.5) is 0 Å². The first-order valence-electron chi connectivity index (χ1n) is 3.61. The molecule has 0 saturated heterocycles. The Hall–Kier alpha value is -1.57. The second kappa shape index (κ2) is 6.16. The van der Waals surface area contributed by atoms with E-state index in [1.54, 1.807) is 19.2 Å². The molecule has 0 bridgehead atoms. The standard InChI is InChI=1S/C8H9NO.C2H4/c1-9-8(10)7-5-3-2-4-6-7;1-2/h2-6H,1H3,(H,9,10);1-2H2. The highest BCUT2D eigenvalue weighted by Crippen LogP contribution is 1.96. The lowest BCUT2D eigenvalue weighted by Gasteiger charge is -1.96. The van der Waals surface area contributed by atoms with Gasteiger partial charge in [-0.25, -0.2) is 0 Å². The lowest BCUT2D eigenvalue weighted by Crippen LogP contribution is -2.17. The molecule has 1 aromatic carbocycles. The van der Waals surface area contributed by atoms with Gasteiger partial charge in [-0.1, -0.05) is 18.2 Å². The van der Waals surface area contributed by atoms with Crippen LogP contribution >= 0.6 is 0 Å². The van der Waals surface area contributed by atoms with Gasteiger partial charge in [0.2, 0.25) is 0 Å². The Kier molecular flexibility index (Phi) is 5.35. The average molecular weight is 163 g/mol. The average Bonchev–Trinajstić information content (AvgIpc) is 2.21. The van der Waals surface area contributed by atoms with Gasteiger partial charge in [0.1, 0.15) is 0 Å². The number of nitrogens with one attached hydrogen (secondary N) is 1. The van der Waals surface area contributed by atoms with Crippen molar-refractivity contribution in [3.8, 4) is 0 Å². The molecule has 2 heteroatoms. The first kappa shape index (κ1) is 10.4. The third kappa shape index (κ3) is 3.01. The van der Waals surface area contributed by atoms with E-state index in [0.717, 1.165) is 0 Å². The molecule has 64 valence electrons. The van der Waals surface area contributed by atoms with Crippen molar-refractivity contribution in [1.29, 1.82) is 0 Å². The monoisotopic (exact) mass is 163 g/mol. The zero-order valence-electron chi connectivity index (χ0n) is 7.21. The summed E-state index contributed by atoms with van der Waals surface area (Å²) >= 11 is 0. The number of hydrogen-bond acceptors (Lipinski definition) is 1. The molecule has 0 atom stereocenters. The van der Waals surface area contributed by atoms with E-state index in [1.807, 2.05) is 18.2 Å². The fourth-order valence-electron chi connectivity index (χ4n) is 0.734. The third-order valence-electron chi connectivity index (χ3n) is 1.26. The highest BCUT2D eigenvalue weighted by Gasteiger charge is 1.97. The molecule has 1 amide bonds. The molecule has 1 rings (SSSR count). The molecule has 0 aliphatic carbocycles. The van der Waals surface area contributed by atoms with Crippen LogP contribution in [0.2, 0.25) is 0 Å². The number of rotatable bonds is 1. The number of amides is 1. The summed E-state index contributed by atoms with van der Waals surface area (Å²) in [7, 11) is 1.62. The molecule has 1 aromatic rings. The number of carbonyl (C=O) groups is 1. The Labute approximate surface area is 72.9 Å². The second-order valence-electron chi connectivity index (χ2n) is 1.95. The fraction of sp³-hybridized carbons (Fsp3) is 0.100. The Morgan fingerprint density at radius 2 is 1.75 bits per heavy atom. The molecule has 0 unspecified atom stereocenters. The van der Waals surface area contributed by atoms with Crippen molar-refractivity contribution < 1.29 is 4.79 Å². The minimum Gasteiger partial charge on any atom is -0.355 e. The second-order valence-corrected chi connectivity index (χ2v) is 1.95. The third-order valence-corrected chi connectivity index (χ3v) is 1.26. The minimum atomic E-state index is -0.0411. The molecule has 12 heavy (non-hydrogen) atoms. The quantitative estimate of drug-likeness (QED) is 0.629. The molecule has 0 aliphatic rings. The maximum atomic E-state index is 10.9. The van der Waals surface area contributed by atoms with E-state index in [1.165, 1.54) is 0 Å². The molecule has 0 heterocycles. The van der Waals surface area contributed by atoms with Crippen LogP contribution < -0.4 is 5.32 Å². The Balaban J connectivity index is 0.000000561. The number of carbonyl (C=O) groups excluding carboxylic acids is 1. The smallest absolute Gasteiger partial charge is 0.251 e. The predicted octanol–water partition coefficient (Wildman–Crippen LogP) is 1.85. The molecule has 0 aliphatic heterocycles. The van der Waals surface area contributed by atoms with Crippen LogP contribution in [0.25, 0.3) is 0 Å². The normalized spacial score (nSPS) is 7.75. The van der Waals surface area contributed by atoms with Gasteiger partial charge in [0, 0.05) is 12.6 Å². The van der Waals surface area contributed by atoms with E-state index in [2.05, 4.69) is 18.5 Å². The molecule has 2 nitrogen and oxygen atoms in total.